The van der Waals surface area contributed by atoms with Gasteiger partial charge in [-0.3, -0.25) is 0 Å². The standard InChI is InChI=1S/C24H53Si6/c1-16-17-18-19-20-25-26-27(28(14,21(2,3)4)22(5,6)7)30(25,26)29(15,23(8,9)10)24(11,12)13/h19-20H,16-18H2,1-15H3/b20-19+. The first-order valence-corrected chi connectivity index (χ1v) is 31.1. The van der Waals surface area contributed by atoms with Crippen LogP contribution in [0.1, 0.15) is 109 Å². The van der Waals surface area contributed by atoms with Gasteiger partial charge in [-0.25, -0.2) is 0 Å². The molecule has 2 rings (SSSR count). The van der Waals surface area contributed by atoms with Crippen LogP contribution in [-0.2, 0) is 0 Å². The molecule has 0 nitrogen and oxygen atoms in total. The van der Waals surface area contributed by atoms with Crippen LogP contribution >= 0.6 is 0 Å². The van der Waals surface area contributed by atoms with E-state index in [-0.39, 0.29) is 22.5 Å². The predicted molar refractivity (Wildman–Crippen MR) is 154 cm³/mol. The molecule has 0 spiro atoms. The van der Waals surface area contributed by atoms with Crippen LogP contribution in [0.5, 0.6) is 0 Å². The fourth-order valence-corrected chi connectivity index (χ4v) is 305. The van der Waals surface area contributed by atoms with Gasteiger partial charge < -0.3 is 0 Å². The second-order valence-electron chi connectivity index (χ2n) is 14.7. The summed E-state index contributed by atoms with van der Waals surface area (Å²) in [5.41, 5.74) is 2.94. The zero-order valence-electron chi connectivity index (χ0n) is 23.3. The summed E-state index contributed by atoms with van der Waals surface area (Å²) in [7, 11) is -2.78. The summed E-state index contributed by atoms with van der Waals surface area (Å²) in [6, 6.07) is 0. The molecule has 1 atom stereocenters. The maximum absolute atomic E-state index is 2.96. The minimum Gasteiger partial charge on any atom is -0.107 e. The summed E-state index contributed by atoms with van der Waals surface area (Å²) in [6.45, 7) is 40.2. The molecule has 0 aromatic rings. The van der Waals surface area contributed by atoms with Crippen molar-refractivity contribution in [2.45, 2.75) is 143 Å². The van der Waals surface area contributed by atoms with Crippen molar-refractivity contribution in [3.63, 3.8) is 0 Å². The largest absolute Gasteiger partial charge is 0.107 e. The van der Waals surface area contributed by atoms with Crippen LogP contribution in [0, 0.1) is 0 Å². The molecule has 0 aromatic heterocycles. The fraction of sp³-hybridized carbons (Fsp3) is 0.917. The van der Waals surface area contributed by atoms with Crippen molar-refractivity contribution in [2.24, 2.45) is 0 Å². The van der Waals surface area contributed by atoms with Crippen molar-refractivity contribution in [2.75, 3.05) is 0 Å². The number of rotatable bonds is 6. The molecule has 2 aliphatic rings. The molecular weight excluding hydrogens is 457 g/mol. The van der Waals surface area contributed by atoms with E-state index in [0.717, 1.165) is 0 Å². The van der Waals surface area contributed by atoms with Gasteiger partial charge in [-0.1, -0.05) is 122 Å². The maximum Gasteiger partial charge on any atom is 0.0462 e. The second-order valence-corrected chi connectivity index (χ2v) is 76.1. The molecule has 0 aromatic carbocycles. The van der Waals surface area contributed by atoms with Crippen LogP contribution in [0.15, 0.2) is 11.8 Å². The lowest BCUT2D eigenvalue weighted by Gasteiger charge is -2.58. The van der Waals surface area contributed by atoms with E-state index in [0.29, 0.717) is 20.2 Å². The van der Waals surface area contributed by atoms with Crippen molar-refractivity contribution in [1.82, 2.24) is 0 Å². The Morgan fingerprint density at radius 1 is 0.733 bits per heavy atom. The molecule has 1 unspecified atom stereocenters. The van der Waals surface area contributed by atoms with Gasteiger partial charge >= 0.3 is 0 Å². The van der Waals surface area contributed by atoms with E-state index < -0.39 is 21.3 Å². The van der Waals surface area contributed by atoms with Crippen LogP contribution < -0.4 is 0 Å². The zero-order chi connectivity index (χ0) is 23.8. The van der Waals surface area contributed by atoms with Crippen molar-refractivity contribution in [3.8, 4) is 0 Å². The van der Waals surface area contributed by atoms with Gasteiger partial charge in [-0.15, -0.1) is 5.70 Å². The Morgan fingerprint density at radius 2 is 1.17 bits per heavy atom. The lowest BCUT2D eigenvalue weighted by molar-refractivity contribution is 0.634. The monoisotopic (exact) mass is 509 g/mol. The first-order chi connectivity index (χ1) is 13.2. The van der Waals surface area contributed by atoms with Crippen LogP contribution in [0.25, 0.3) is 0 Å². The summed E-state index contributed by atoms with van der Waals surface area (Å²) in [5, 5.41) is 2.26. The van der Waals surface area contributed by atoms with Crippen molar-refractivity contribution in [3.05, 3.63) is 11.8 Å². The number of unbranched alkanes of at least 4 members (excludes halogenated alkanes) is 2. The lowest BCUT2D eigenvalue weighted by Crippen LogP contribution is -2.73. The van der Waals surface area contributed by atoms with E-state index in [1.807, 2.05) is 0 Å². The third kappa shape index (κ3) is 3.56. The first kappa shape index (κ1) is 27.3. The minimum atomic E-state index is -1.37. The highest BCUT2D eigenvalue weighted by atomic mass is 30.9. The van der Waals surface area contributed by atoms with Crippen molar-refractivity contribution in [1.29, 1.82) is 0 Å². The van der Waals surface area contributed by atoms with Gasteiger partial charge in [0.1, 0.15) is 0 Å². The molecule has 2 aliphatic heterocycles. The van der Waals surface area contributed by atoms with Crippen molar-refractivity contribution >= 4 is 43.9 Å². The van der Waals surface area contributed by atoms with Gasteiger partial charge in [0.15, 0.2) is 0 Å². The minimum absolute atomic E-state index is 0.0505. The van der Waals surface area contributed by atoms with E-state index in [1.54, 1.807) is 0 Å². The van der Waals surface area contributed by atoms with Crippen molar-refractivity contribution < 1.29 is 0 Å². The van der Waals surface area contributed by atoms with Gasteiger partial charge in [0.2, 0.25) is 0 Å². The number of fused-ring (bicyclic) bond motifs is 1. The Balaban J connectivity index is 2.64. The van der Waals surface area contributed by atoms with E-state index >= 15 is 0 Å². The van der Waals surface area contributed by atoms with Crippen LogP contribution in [-0.4, -0.2) is 43.9 Å². The molecule has 0 aliphatic carbocycles. The summed E-state index contributed by atoms with van der Waals surface area (Å²) in [6.07, 6.45) is 5.75. The van der Waals surface area contributed by atoms with E-state index in [2.05, 4.69) is 115 Å². The Bertz CT molecular complexity index is 642. The van der Waals surface area contributed by atoms with E-state index in [1.165, 1.54) is 19.3 Å². The summed E-state index contributed by atoms with van der Waals surface area (Å²) < 4.78 is 0. The highest BCUT2D eigenvalue weighted by Gasteiger charge is 2.99. The highest BCUT2D eigenvalue weighted by Crippen LogP contribution is 2.73. The van der Waals surface area contributed by atoms with E-state index in [4.69, 9.17) is 0 Å². The highest BCUT2D eigenvalue weighted by molar-refractivity contribution is 8.59. The smallest absolute Gasteiger partial charge is 0.0462 e. The Kier molecular flexibility index (Phi) is 7.08. The molecule has 2 saturated heterocycles. The quantitative estimate of drug-likeness (QED) is 0.250. The molecule has 30 heavy (non-hydrogen) atoms. The fourth-order valence-electron chi connectivity index (χ4n) is 7.04. The van der Waals surface area contributed by atoms with Crippen LogP contribution in [0.4, 0.5) is 0 Å². The van der Waals surface area contributed by atoms with Gasteiger partial charge in [0, 0.05) is 43.9 Å². The van der Waals surface area contributed by atoms with Crippen LogP contribution in [0.2, 0.25) is 33.2 Å². The van der Waals surface area contributed by atoms with Gasteiger partial charge in [-0.2, -0.15) is 0 Å². The third-order valence-electron chi connectivity index (χ3n) is 9.81. The predicted octanol–water partition coefficient (Wildman–Crippen LogP) is 8.14. The van der Waals surface area contributed by atoms with Crippen LogP contribution in [0.3, 0.4) is 0 Å². The average molecular weight is 510 g/mol. The number of allylic oxidation sites excluding steroid dienone is 1. The summed E-state index contributed by atoms with van der Waals surface area (Å²) in [4.78, 5) is 0. The molecule has 173 valence electrons. The van der Waals surface area contributed by atoms with Gasteiger partial charge in [-0.05, 0) is 26.6 Å². The molecule has 0 bridgehead atoms. The average Bonchev–Trinajstić information content (AvgIpc) is 3.37. The topological polar surface area (TPSA) is 0 Å². The van der Waals surface area contributed by atoms with Gasteiger partial charge in [0.25, 0.3) is 0 Å². The Labute approximate surface area is 197 Å². The summed E-state index contributed by atoms with van der Waals surface area (Å²) >= 11 is 0. The van der Waals surface area contributed by atoms with Gasteiger partial charge in [0.05, 0.1) is 0 Å². The maximum atomic E-state index is 2.96. The second kappa shape index (κ2) is 7.79. The number of hydrogen-bond acceptors (Lipinski definition) is 0. The molecule has 0 N–H and O–H groups in total. The Morgan fingerprint density at radius 3 is 1.50 bits per heavy atom. The SMILES string of the molecule is CCCC/C=C/[Si]1[Si]2[Si]([Si](C)(C(C)(C)C)C(C)(C)C)[Si]12[Si](C)(C(C)(C)C)C(C)(C)C. The normalized spacial score (nSPS) is 25.2. The molecule has 2 heterocycles. The molecular formula is C24H53Si6. The summed E-state index contributed by atoms with van der Waals surface area (Å²) in [5.74, 6) is 0. The molecule has 6 heteroatoms. The number of hydrogen-bond donors (Lipinski definition) is 0. The molecule has 2 fully saturated rings. The molecule has 0 amide bonds. The Hall–Kier alpha value is 1.04. The first-order valence-electron chi connectivity index (χ1n) is 12.5. The van der Waals surface area contributed by atoms with E-state index in [9.17, 15) is 0 Å². The lowest BCUT2D eigenvalue weighted by atomic mass is 10.2. The molecule has 3 radical (unpaired) electrons. The third-order valence-corrected chi connectivity index (χ3v) is 156. The molecule has 0 saturated carbocycles. The zero-order valence-corrected chi connectivity index (χ0v) is 29.3.